The molecule has 0 aromatic rings. The SMILES string of the molecule is CC.CC(C)CCO.CCCC.CCCCCC(CCCCC)CCCOC(=O)C(C)(C)CCCCCCN1CCCC1.CCCCCCCCC(CCCCCCCC)OC(=O)CCCCCCCOC=O.COC=O. The first-order chi connectivity index (χ1) is 37.3. The number of carbonyl (C=O) groups excluding carboxylic acids is 4. The quantitative estimate of drug-likeness (QED) is 0.0272. The number of methoxy groups -OCH3 is 1. The number of aliphatic hydroxyl groups excluding tert-OH is 1. The van der Waals surface area contributed by atoms with Gasteiger partial charge in [0, 0.05) is 13.0 Å². The lowest BCUT2D eigenvalue weighted by atomic mass is 9.87. The predicted molar refractivity (Wildman–Crippen MR) is 332 cm³/mol. The van der Waals surface area contributed by atoms with Gasteiger partial charge in [-0.15, -0.1) is 0 Å². The Bertz CT molecular complexity index is 1100. The van der Waals surface area contributed by atoms with Gasteiger partial charge in [0.2, 0.25) is 0 Å². The molecule has 0 amide bonds. The minimum Gasteiger partial charge on any atom is -0.471 e. The summed E-state index contributed by atoms with van der Waals surface area (Å²) in [6.45, 7) is 31.9. The van der Waals surface area contributed by atoms with E-state index in [0.29, 0.717) is 45.1 Å². The molecule has 0 bridgehead atoms. The van der Waals surface area contributed by atoms with E-state index in [0.717, 1.165) is 76.5 Å². The maximum Gasteiger partial charge on any atom is 0.311 e. The summed E-state index contributed by atoms with van der Waals surface area (Å²) in [5.41, 5.74) is -0.337. The Morgan fingerprint density at radius 3 is 1.42 bits per heavy atom. The molecule has 0 aromatic heterocycles. The average Bonchev–Trinajstić information content (AvgIpc) is 3.96. The topological polar surface area (TPSA) is 129 Å². The van der Waals surface area contributed by atoms with Crippen molar-refractivity contribution in [1.82, 2.24) is 4.90 Å². The number of ether oxygens (including phenoxy) is 4. The van der Waals surface area contributed by atoms with E-state index in [1.807, 2.05) is 13.8 Å². The molecule has 10 nitrogen and oxygen atoms in total. The van der Waals surface area contributed by atoms with Gasteiger partial charge >= 0.3 is 11.9 Å². The van der Waals surface area contributed by atoms with Crippen LogP contribution in [0.4, 0.5) is 0 Å². The van der Waals surface area contributed by atoms with Gasteiger partial charge in [0.1, 0.15) is 6.10 Å². The number of likely N-dealkylation sites (tertiary alicyclic amines) is 1. The van der Waals surface area contributed by atoms with Crippen molar-refractivity contribution in [2.45, 2.75) is 346 Å². The van der Waals surface area contributed by atoms with Gasteiger partial charge in [-0.2, -0.15) is 0 Å². The summed E-state index contributed by atoms with van der Waals surface area (Å²) in [6.07, 6.45) is 48.3. The van der Waals surface area contributed by atoms with E-state index in [4.69, 9.17) is 19.4 Å². The second-order valence-electron chi connectivity index (χ2n) is 22.7. The van der Waals surface area contributed by atoms with Gasteiger partial charge < -0.3 is 29.0 Å². The summed E-state index contributed by atoms with van der Waals surface area (Å²) in [7, 11) is 1.31. The molecule has 0 spiro atoms. The monoisotopic (exact) mass is 1100 g/mol. The molecular weight excluding hydrogens is 963 g/mol. The normalized spacial score (nSPS) is 11.9. The summed E-state index contributed by atoms with van der Waals surface area (Å²) in [6, 6.07) is 0. The van der Waals surface area contributed by atoms with Crippen LogP contribution >= 0.6 is 0 Å². The number of carbonyl (C=O) groups is 4. The number of esters is 2. The van der Waals surface area contributed by atoms with E-state index in [-0.39, 0.29) is 23.5 Å². The van der Waals surface area contributed by atoms with Crippen LogP contribution < -0.4 is 0 Å². The number of aliphatic hydroxyl groups is 1. The number of unbranched alkanes of at least 4 members (excludes halogenated alkanes) is 22. The molecule has 0 aromatic carbocycles. The molecule has 10 heteroatoms. The van der Waals surface area contributed by atoms with E-state index >= 15 is 0 Å². The Morgan fingerprint density at radius 2 is 0.961 bits per heavy atom. The third-order valence-electron chi connectivity index (χ3n) is 14.3. The van der Waals surface area contributed by atoms with Crippen molar-refractivity contribution in [1.29, 1.82) is 0 Å². The van der Waals surface area contributed by atoms with E-state index < -0.39 is 0 Å². The lowest BCUT2D eigenvalue weighted by Gasteiger charge is -2.23. The van der Waals surface area contributed by atoms with Crippen molar-refractivity contribution in [3.05, 3.63) is 0 Å². The molecule has 1 fully saturated rings. The molecule has 0 unspecified atom stereocenters. The van der Waals surface area contributed by atoms with Crippen LogP contribution in [0.5, 0.6) is 0 Å². The van der Waals surface area contributed by atoms with Gasteiger partial charge in [0.15, 0.2) is 0 Å². The maximum atomic E-state index is 12.6. The Labute approximate surface area is 481 Å². The molecule has 0 saturated carbocycles. The third kappa shape index (κ3) is 71.8. The molecule has 1 rings (SSSR count). The highest BCUT2D eigenvalue weighted by Gasteiger charge is 2.28. The van der Waals surface area contributed by atoms with Crippen LogP contribution in [0.15, 0.2) is 0 Å². The molecular formula is C67H137NO9. The van der Waals surface area contributed by atoms with Crippen molar-refractivity contribution in [3.63, 3.8) is 0 Å². The molecule has 1 aliphatic heterocycles. The fourth-order valence-electron chi connectivity index (χ4n) is 9.00. The highest BCUT2D eigenvalue weighted by Crippen LogP contribution is 2.27. The fraction of sp³-hybridized carbons (Fsp3) is 0.940. The van der Waals surface area contributed by atoms with Gasteiger partial charge in [0.05, 0.1) is 25.7 Å². The largest absolute Gasteiger partial charge is 0.471 e. The molecule has 464 valence electrons. The molecule has 1 heterocycles. The molecule has 1 saturated heterocycles. The maximum absolute atomic E-state index is 12.6. The van der Waals surface area contributed by atoms with Crippen LogP contribution in [-0.4, -0.2) is 87.6 Å². The van der Waals surface area contributed by atoms with E-state index in [1.54, 1.807) is 0 Å². The van der Waals surface area contributed by atoms with Crippen LogP contribution in [0, 0.1) is 17.3 Å². The Hall–Kier alpha value is -2.20. The third-order valence-corrected chi connectivity index (χ3v) is 14.3. The van der Waals surface area contributed by atoms with Gasteiger partial charge in [-0.3, -0.25) is 19.2 Å². The number of nitrogens with zero attached hydrogens (tertiary/aromatic N) is 1. The fourth-order valence-corrected chi connectivity index (χ4v) is 9.00. The van der Waals surface area contributed by atoms with E-state index in [2.05, 4.69) is 83.6 Å². The van der Waals surface area contributed by atoms with Crippen molar-refractivity contribution in [3.8, 4) is 0 Å². The van der Waals surface area contributed by atoms with Gasteiger partial charge in [-0.25, -0.2) is 0 Å². The Balaban J connectivity index is -0.000000350. The summed E-state index contributed by atoms with van der Waals surface area (Å²) in [5.74, 6) is 1.47. The van der Waals surface area contributed by atoms with Crippen molar-refractivity contribution in [2.75, 3.05) is 46.6 Å². The predicted octanol–water partition coefficient (Wildman–Crippen LogP) is 19.7. The van der Waals surface area contributed by atoms with Crippen molar-refractivity contribution < 1.29 is 43.2 Å². The minimum absolute atomic E-state index is 0.0121. The number of hydrogen-bond acceptors (Lipinski definition) is 10. The zero-order chi connectivity index (χ0) is 58.7. The lowest BCUT2D eigenvalue weighted by molar-refractivity contribution is -0.154. The van der Waals surface area contributed by atoms with E-state index in [9.17, 15) is 14.4 Å². The summed E-state index contributed by atoms with van der Waals surface area (Å²) < 4.78 is 20.1. The van der Waals surface area contributed by atoms with Crippen LogP contribution in [0.25, 0.3) is 0 Å². The first kappa shape index (κ1) is 83.6. The molecule has 0 radical (unpaired) electrons. The second kappa shape index (κ2) is 71.8. The standard InChI is InChI=1S/C28H55NO2.C26H50O4.C5H12O.C4H10.C2H4O2.C2H6/c1-5-7-11-18-26(19-12-8-6-2)20-17-25-31-27(30)28(3,4)21-13-9-10-14-22-29-23-15-16-24-29;1-3-5-7-9-12-16-20-25(21-17-13-10-8-6-4-2)30-26(28)22-18-14-11-15-19-23-29-24-27;1-5(2)3-4-6;1-3-4-2;1-4-2-3;1-2/h26H,5-25H2,1-4H3;24-25H,3-23H2,1-2H3;5-6H,3-4H2,1-2H3;3-4H2,1-2H3;2H,1H3;1-2H3. The van der Waals surface area contributed by atoms with Crippen LogP contribution in [-0.2, 0) is 38.1 Å². The highest BCUT2D eigenvalue weighted by atomic mass is 16.5. The first-order valence-corrected chi connectivity index (χ1v) is 33.0. The Kier molecular flexibility index (Phi) is 78.0. The van der Waals surface area contributed by atoms with Crippen LogP contribution in [0.1, 0.15) is 340 Å². The van der Waals surface area contributed by atoms with Crippen molar-refractivity contribution in [2.24, 2.45) is 17.3 Å². The summed E-state index contributed by atoms with van der Waals surface area (Å²) in [5, 5.41) is 8.24. The molecule has 1 N–H and O–H groups in total. The lowest BCUT2D eigenvalue weighted by Crippen LogP contribution is -2.27. The van der Waals surface area contributed by atoms with Crippen molar-refractivity contribution >= 4 is 24.9 Å². The van der Waals surface area contributed by atoms with Crippen LogP contribution in [0.2, 0.25) is 0 Å². The zero-order valence-electron chi connectivity index (χ0n) is 54.1. The average molecular weight is 1100 g/mol. The molecule has 0 atom stereocenters. The molecule has 77 heavy (non-hydrogen) atoms. The molecule has 0 aliphatic carbocycles. The van der Waals surface area contributed by atoms with Crippen LogP contribution in [0.3, 0.4) is 0 Å². The zero-order valence-corrected chi connectivity index (χ0v) is 54.1. The summed E-state index contributed by atoms with van der Waals surface area (Å²) >= 11 is 0. The minimum atomic E-state index is -0.337. The molecule has 1 aliphatic rings. The van der Waals surface area contributed by atoms with Gasteiger partial charge in [-0.1, -0.05) is 236 Å². The number of hydrogen-bond donors (Lipinski definition) is 1. The van der Waals surface area contributed by atoms with Gasteiger partial charge in [-0.05, 0) is 129 Å². The Morgan fingerprint density at radius 1 is 0.532 bits per heavy atom. The van der Waals surface area contributed by atoms with Gasteiger partial charge in [0.25, 0.3) is 12.9 Å². The second-order valence-corrected chi connectivity index (χ2v) is 22.7. The number of rotatable bonds is 48. The summed E-state index contributed by atoms with van der Waals surface area (Å²) in [4.78, 5) is 46.5. The van der Waals surface area contributed by atoms with E-state index in [1.165, 1.54) is 207 Å². The first-order valence-electron chi connectivity index (χ1n) is 33.0. The smallest absolute Gasteiger partial charge is 0.311 e. The highest BCUT2D eigenvalue weighted by molar-refractivity contribution is 5.75.